The number of hydrogen-bond donors (Lipinski definition) is 11. The molecule has 7 aliphatic heterocycles. The highest BCUT2D eigenvalue weighted by Gasteiger charge is 2.44. The molecule has 0 bridgehead atoms. The van der Waals surface area contributed by atoms with Gasteiger partial charge in [-0.15, -0.1) is 0 Å². The Labute approximate surface area is 552 Å². The minimum absolute atomic E-state index is 0.0310. The maximum absolute atomic E-state index is 13.0. The maximum Gasteiger partial charge on any atom is 0.315 e. The number of hydrogen-bond acceptors (Lipinski definition) is 17. The van der Waals surface area contributed by atoms with E-state index in [4.69, 9.17) is 15.0 Å². The Hall–Kier alpha value is -6.06. The lowest BCUT2D eigenvalue weighted by Gasteiger charge is -2.36. The van der Waals surface area contributed by atoms with Crippen LogP contribution in [0.4, 0.5) is 27.4 Å². The van der Waals surface area contributed by atoms with Crippen molar-refractivity contribution in [1.29, 1.82) is 0 Å². The van der Waals surface area contributed by atoms with Crippen molar-refractivity contribution in [2.75, 3.05) is 91.7 Å². The van der Waals surface area contributed by atoms with Crippen molar-refractivity contribution in [3.05, 3.63) is 0 Å². The zero-order valence-electron chi connectivity index (χ0n) is 54.6. The highest BCUT2D eigenvalue weighted by Crippen LogP contribution is 2.35. The van der Waals surface area contributed by atoms with Crippen LogP contribution in [0.15, 0.2) is 0 Å². The average molecular weight is 1320 g/mol. The van der Waals surface area contributed by atoms with E-state index in [0.717, 1.165) is 166 Å². The number of amides is 11. The van der Waals surface area contributed by atoms with Gasteiger partial charge in [-0.05, 0) is 116 Å². The smallest absolute Gasteiger partial charge is 0.315 e. The monoisotopic (exact) mass is 1320 g/mol. The molecule has 7 saturated heterocycles. The van der Waals surface area contributed by atoms with Gasteiger partial charge >= 0.3 is 12.1 Å². The van der Waals surface area contributed by atoms with Gasteiger partial charge in [-0.3, -0.25) is 33.6 Å². The molecule has 28 heteroatoms. The van der Waals surface area contributed by atoms with E-state index in [1.165, 1.54) is 0 Å². The van der Waals surface area contributed by atoms with Crippen LogP contribution in [0.3, 0.4) is 0 Å². The predicted octanol–water partition coefficient (Wildman–Crippen LogP) is 4.30. The zero-order chi connectivity index (χ0) is 64.9. The van der Waals surface area contributed by atoms with Crippen molar-refractivity contribution >= 4 is 94.8 Å². The summed E-state index contributed by atoms with van der Waals surface area (Å²) >= 11 is 3.80. The lowest BCUT2D eigenvalue weighted by Crippen LogP contribution is -2.47. The SMILES string of the molecule is CC(=O)NC1CCN(c2nc(N3CCC(NC(=O)CCCCCNC(=O)CCCCCNC(=O)CCCC[C@@H]4SCC5NC(=O)NC54)CC3)nc(N3CCC(NC(=O)CCCCCNC(=O)CCCCCNC(=O)CCCC[C@@H]4SCC5NC(=O)NC54)CC3)n2)CC1. The highest BCUT2D eigenvalue weighted by molar-refractivity contribution is 8.00. The van der Waals surface area contributed by atoms with Crippen LogP contribution in [0, 0.1) is 0 Å². The molecule has 1 aromatic heterocycles. The van der Waals surface area contributed by atoms with E-state index in [1.807, 2.05) is 23.5 Å². The summed E-state index contributed by atoms with van der Waals surface area (Å²) in [4.78, 5) is 132. The number of carbonyl (C=O) groups excluding carboxylic acids is 9. The lowest BCUT2D eigenvalue weighted by atomic mass is 10.0. The second kappa shape index (κ2) is 39.0. The first-order chi connectivity index (χ1) is 44.7. The van der Waals surface area contributed by atoms with Crippen molar-refractivity contribution in [2.45, 2.75) is 252 Å². The fourth-order valence-electron chi connectivity index (χ4n) is 13.5. The van der Waals surface area contributed by atoms with E-state index in [1.54, 1.807) is 6.92 Å². The molecule has 0 aliphatic carbocycles. The molecule has 4 unspecified atom stereocenters. The number of carbonyl (C=O) groups is 9. The minimum Gasteiger partial charge on any atom is -0.356 e. The Morgan fingerprint density at radius 3 is 1.00 bits per heavy atom. The topological polar surface area (TPSA) is 334 Å². The standard InChI is InChI=1S/C64H107N17O9S2/c1-44(82)69-45-26-36-79(37-27-45)60-76-61(80-38-28-46(29-39-80)70-56(87)24-8-4-16-34-65-52(83)20-6-2-14-32-67-54(85)22-12-10-18-50-58-48(42-91-50)72-63(89)74-58)78-62(77-60)81-40-30-47(31-41-81)71-57(88)25-9-5-17-35-66-53(84)21-7-3-15-33-68-55(86)23-13-11-19-51-59-49(43-92-51)73-64(90)75-59/h45-51,58-59H,2-43H2,1H3,(H,65,83)(H,66,84)(H,67,85)(H,68,86)(H,69,82)(H,70,87)(H,71,88)(H2,72,74,89)(H2,73,75,90)/t48?,49?,50-,51-,58?,59?/m0/s1. The summed E-state index contributed by atoms with van der Waals surface area (Å²) in [6, 6.07) is 0.921. The van der Waals surface area contributed by atoms with E-state index in [-0.39, 0.29) is 95.7 Å². The van der Waals surface area contributed by atoms with Gasteiger partial charge in [-0.1, -0.05) is 38.5 Å². The van der Waals surface area contributed by atoms with Gasteiger partial charge in [0.15, 0.2) is 0 Å². The quantitative estimate of drug-likeness (QED) is 0.0322. The molecule has 11 N–H and O–H groups in total. The summed E-state index contributed by atoms with van der Waals surface area (Å²) in [5.74, 6) is 4.00. The number of anilines is 3. The molecular weight excluding hydrogens is 1210 g/mol. The van der Waals surface area contributed by atoms with Gasteiger partial charge in [0.2, 0.25) is 59.2 Å². The molecule has 0 radical (unpaired) electrons. The van der Waals surface area contributed by atoms with Crippen LogP contribution < -0.4 is 73.2 Å². The summed E-state index contributed by atoms with van der Waals surface area (Å²) in [6.45, 7) is 8.07. The number of nitrogens with one attached hydrogen (secondary N) is 11. The Morgan fingerprint density at radius 1 is 0.391 bits per heavy atom. The minimum atomic E-state index is -0.0708. The van der Waals surface area contributed by atoms with Gasteiger partial charge in [0, 0.05) is 151 Å². The molecule has 26 nitrogen and oxygen atoms in total. The number of nitrogens with zero attached hydrogens (tertiary/aromatic N) is 6. The van der Waals surface area contributed by atoms with Crippen molar-refractivity contribution in [3.63, 3.8) is 0 Å². The molecule has 1 aromatic rings. The molecule has 7 aliphatic rings. The third kappa shape index (κ3) is 25.0. The third-order valence-corrected chi connectivity index (χ3v) is 21.9. The number of piperidine rings is 3. The summed E-state index contributed by atoms with van der Waals surface area (Å²) < 4.78 is 0. The van der Waals surface area contributed by atoms with E-state index in [9.17, 15) is 43.2 Å². The van der Waals surface area contributed by atoms with Crippen LogP contribution in [0.25, 0.3) is 0 Å². The van der Waals surface area contributed by atoms with Gasteiger partial charge < -0.3 is 73.2 Å². The second-order valence-electron chi connectivity index (χ2n) is 26.2. The van der Waals surface area contributed by atoms with E-state index < -0.39 is 0 Å². The van der Waals surface area contributed by atoms with Gasteiger partial charge in [-0.25, -0.2) is 9.59 Å². The number of fused-ring (bicyclic) bond motifs is 2. The van der Waals surface area contributed by atoms with Gasteiger partial charge in [0.1, 0.15) is 0 Å². The van der Waals surface area contributed by atoms with Crippen LogP contribution in [0.5, 0.6) is 0 Å². The molecule has 0 spiro atoms. The lowest BCUT2D eigenvalue weighted by molar-refractivity contribution is -0.123. The molecule has 6 atom stereocenters. The molecule has 11 amide bonds. The first-order valence-electron chi connectivity index (χ1n) is 35.0. The van der Waals surface area contributed by atoms with Crippen molar-refractivity contribution < 1.29 is 43.2 Å². The second-order valence-corrected chi connectivity index (χ2v) is 28.8. The fraction of sp³-hybridized carbons (Fsp3) is 0.812. The largest absolute Gasteiger partial charge is 0.356 e. The summed E-state index contributed by atoms with van der Waals surface area (Å²) in [7, 11) is 0. The average Bonchev–Trinajstić information content (AvgIpc) is 1.50. The Kier molecular flexibility index (Phi) is 30.4. The molecule has 8 heterocycles. The van der Waals surface area contributed by atoms with Crippen LogP contribution >= 0.6 is 23.5 Å². The first kappa shape index (κ1) is 71.8. The van der Waals surface area contributed by atoms with Gasteiger partial charge in [-0.2, -0.15) is 38.5 Å². The molecule has 8 rings (SSSR count). The number of thioether (sulfide) groups is 2. The molecule has 0 aromatic carbocycles. The number of unbranched alkanes of at least 4 members (excludes halogenated alkanes) is 10. The zero-order valence-corrected chi connectivity index (χ0v) is 56.2. The molecule has 514 valence electrons. The number of rotatable bonds is 40. The van der Waals surface area contributed by atoms with Crippen molar-refractivity contribution in [3.8, 4) is 0 Å². The molecule has 92 heavy (non-hydrogen) atoms. The van der Waals surface area contributed by atoms with E-state index >= 15 is 0 Å². The highest BCUT2D eigenvalue weighted by atomic mass is 32.2. The number of aromatic nitrogens is 3. The third-order valence-electron chi connectivity index (χ3n) is 18.8. The Morgan fingerprint density at radius 2 is 0.685 bits per heavy atom. The predicted molar refractivity (Wildman–Crippen MR) is 359 cm³/mol. The van der Waals surface area contributed by atoms with Crippen LogP contribution in [0.2, 0.25) is 0 Å². The maximum atomic E-state index is 13.0. The van der Waals surface area contributed by atoms with E-state index in [0.29, 0.717) is 132 Å². The normalized spacial score (nSPS) is 22.3. The molecule has 7 fully saturated rings. The Balaban J connectivity index is 0.627. The van der Waals surface area contributed by atoms with Crippen LogP contribution in [-0.4, -0.2) is 198 Å². The van der Waals surface area contributed by atoms with Gasteiger partial charge in [0.05, 0.1) is 24.2 Å². The van der Waals surface area contributed by atoms with E-state index in [2.05, 4.69) is 73.2 Å². The first-order valence-corrected chi connectivity index (χ1v) is 37.1. The van der Waals surface area contributed by atoms with Crippen molar-refractivity contribution in [1.82, 2.24) is 73.4 Å². The fourth-order valence-corrected chi connectivity index (χ4v) is 16.6. The molecular formula is C64H107N17O9S2. The molecule has 0 saturated carbocycles. The Bertz CT molecular complexity index is 2400. The summed E-state index contributed by atoms with van der Waals surface area (Å²) in [6.07, 6.45) is 22.8. The number of urea groups is 2. The van der Waals surface area contributed by atoms with Crippen LogP contribution in [-0.2, 0) is 33.6 Å². The summed E-state index contributed by atoms with van der Waals surface area (Å²) in [5.41, 5.74) is 0. The summed E-state index contributed by atoms with van der Waals surface area (Å²) in [5, 5.41) is 34.4. The van der Waals surface area contributed by atoms with Crippen LogP contribution in [0.1, 0.15) is 200 Å². The van der Waals surface area contributed by atoms with Gasteiger partial charge in [0.25, 0.3) is 0 Å². The van der Waals surface area contributed by atoms with Crippen molar-refractivity contribution in [2.24, 2.45) is 0 Å².